The van der Waals surface area contributed by atoms with Crippen molar-refractivity contribution in [2.45, 2.75) is 19.9 Å². The summed E-state index contributed by atoms with van der Waals surface area (Å²) in [6, 6.07) is 1.53. The Morgan fingerprint density at radius 2 is 1.80 bits per heavy atom. The molecule has 0 spiro atoms. The summed E-state index contributed by atoms with van der Waals surface area (Å²) >= 11 is 0. The second-order valence-electron chi connectivity index (χ2n) is 3.15. The number of amides is 2. The van der Waals surface area contributed by atoms with E-state index in [9.17, 15) is 9.59 Å². The third-order valence-electron chi connectivity index (χ3n) is 1.42. The summed E-state index contributed by atoms with van der Waals surface area (Å²) in [4.78, 5) is 29.9. The summed E-state index contributed by atoms with van der Waals surface area (Å²) < 4.78 is 0. The van der Waals surface area contributed by atoms with Gasteiger partial charge < -0.3 is 5.32 Å². The number of rotatable bonds is 2. The van der Waals surface area contributed by atoms with Crippen LogP contribution >= 0.6 is 0 Å². The molecule has 0 aromatic carbocycles. The molecular formula is C9H12N4O2. The van der Waals surface area contributed by atoms with Crippen LogP contribution in [-0.2, 0) is 9.59 Å². The van der Waals surface area contributed by atoms with Crippen LogP contribution in [0.2, 0.25) is 0 Å². The topological polar surface area (TPSA) is 84.0 Å². The van der Waals surface area contributed by atoms with Gasteiger partial charge in [0, 0.05) is 18.4 Å². The Hall–Kier alpha value is -1.98. The maximum Gasteiger partial charge on any atom is 0.316 e. The molecule has 0 saturated carbocycles. The van der Waals surface area contributed by atoms with Crippen LogP contribution in [0.25, 0.3) is 0 Å². The fraction of sp³-hybridized carbons (Fsp3) is 0.333. The Kier molecular flexibility index (Phi) is 3.73. The molecule has 0 radical (unpaired) electrons. The molecule has 6 heteroatoms. The molecule has 6 nitrogen and oxygen atoms in total. The van der Waals surface area contributed by atoms with Crippen molar-refractivity contribution in [2.24, 2.45) is 0 Å². The molecule has 2 N–H and O–H groups in total. The molecule has 0 saturated heterocycles. The molecule has 0 unspecified atom stereocenters. The van der Waals surface area contributed by atoms with Crippen molar-refractivity contribution in [1.82, 2.24) is 15.3 Å². The highest BCUT2D eigenvalue weighted by Crippen LogP contribution is 1.93. The Bertz CT molecular complexity index is 350. The van der Waals surface area contributed by atoms with Gasteiger partial charge in [0.2, 0.25) is 5.95 Å². The van der Waals surface area contributed by atoms with E-state index >= 15 is 0 Å². The number of nitrogens with zero attached hydrogens (tertiary/aromatic N) is 2. The van der Waals surface area contributed by atoms with Gasteiger partial charge in [-0.2, -0.15) is 0 Å². The Balaban J connectivity index is 2.53. The molecule has 80 valence electrons. The van der Waals surface area contributed by atoms with Crippen molar-refractivity contribution < 1.29 is 9.59 Å². The van der Waals surface area contributed by atoms with E-state index in [1.807, 2.05) is 0 Å². The van der Waals surface area contributed by atoms with Gasteiger partial charge in [0.05, 0.1) is 0 Å². The minimum atomic E-state index is -0.769. The number of hydrogen-bond acceptors (Lipinski definition) is 4. The summed E-state index contributed by atoms with van der Waals surface area (Å²) in [5, 5.41) is 4.73. The van der Waals surface area contributed by atoms with Gasteiger partial charge in [-0.3, -0.25) is 14.9 Å². The van der Waals surface area contributed by atoms with Crippen LogP contribution in [0.1, 0.15) is 13.8 Å². The van der Waals surface area contributed by atoms with Crippen molar-refractivity contribution in [3.05, 3.63) is 18.5 Å². The van der Waals surface area contributed by atoms with Crippen molar-refractivity contribution in [2.75, 3.05) is 5.32 Å². The van der Waals surface area contributed by atoms with Crippen LogP contribution in [0.15, 0.2) is 18.5 Å². The molecule has 1 aromatic heterocycles. The molecule has 0 aliphatic carbocycles. The van der Waals surface area contributed by atoms with E-state index in [0.29, 0.717) is 0 Å². The van der Waals surface area contributed by atoms with Gasteiger partial charge in [0.1, 0.15) is 0 Å². The number of anilines is 1. The van der Waals surface area contributed by atoms with Gasteiger partial charge in [0.15, 0.2) is 0 Å². The zero-order valence-electron chi connectivity index (χ0n) is 8.52. The first-order valence-corrected chi connectivity index (χ1v) is 4.48. The SMILES string of the molecule is CC(C)NC(=O)C(=O)Nc1ncccn1. The predicted octanol–water partition coefficient (Wildman–Crippen LogP) is -0.0603. The fourth-order valence-corrected chi connectivity index (χ4v) is 0.850. The third-order valence-corrected chi connectivity index (χ3v) is 1.42. The lowest BCUT2D eigenvalue weighted by molar-refractivity contribution is -0.136. The molecule has 0 atom stereocenters. The summed E-state index contributed by atoms with van der Waals surface area (Å²) in [6.45, 7) is 3.54. The molecule has 2 amide bonds. The second kappa shape index (κ2) is 5.04. The van der Waals surface area contributed by atoms with Crippen LogP contribution in [0, 0.1) is 0 Å². The summed E-state index contributed by atoms with van der Waals surface area (Å²) in [5.41, 5.74) is 0. The number of hydrogen-bond donors (Lipinski definition) is 2. The van der Waals surface area contributed by atoms with Crippen molar-refractivity contribution in [3.63, 3.8) is 0 Å². The van der Waals surface area contributed by atoms with Gasteiger partial charge in [-0.15, -0.1) is 0 Å². The molecule has 1 heterocycles. The fourth-order valence-electron chi connectivity index (χ4n) is 0.850. The van der Waals surface area contributed by atoms with Gasteiger partial charge in [-0.25, -0.2) is 9.97 Å². The Morgan fingerprint density at radius 1 is 1.20 bits per heavy atom. The van der Waals surface area contributed by atoms with Crippen LogP contribution in [0.4, 0.5) is 5.95 Å². The average Bonchev–Trinajstić information content (AvgIpc) is 2.18. The lowest BCUT2D eigenvalue weighted by Gasteiger charge is -2.07. The number of nitrogens with one attached hydrogen (secondary N) is 2. The first-order valence-electron chi connectivity index (χ1n) is 4.48. The normalized spacial score (nSPS) is 9.80. The lowest BCUT2D eigenvalue weighted by Crippen LogP contribution is -2.39. The molecule has 0 bridgehead atoms. The smallest absolute Gasteiger partial charge is 0.316 e. The van der Waals surface area contributed by atoms with Crippen LogP contribution in [0.5, 0.6) is 0 Å². The zero-order chi connectivity index (χ0) is 11.3. The number of carbonyl (C=O) groups is 2. The molecular weight excluding hydrogens is 196 g/mol. The van der Waals surface area contributed by atoms with Crippen LogP contribution < -0.4 is 10.6 Å². The monoisotopic (exact) mass is 208 g/mol. The predicted molar refractivity (Wildman–Crippen MR) is 53.9 cm³/mol. The Morgan fingerprint density at radius 3 is 2.33 bits per heavy atom. The minimum Gasteiger partial charge on any atom is -0.346 e. The lowest BCUT2D eigenvalue weighted by atomic mass is 10.4. The highest BCUT2D eigenvalue weighted by molar-refractivity contribution is 6.39. The van der Waals surface area contributed by atoms with Crippen molar-refractivity contribution in [1.29, 1.82) is 0 Å². The van der Waals surface area contributed by atoms with Crippen LogP contribution in [0.3, 0.4) is 0 Å². The second-order valence-corrected chi connectivity index (χ2v) is 3.15. The number of carbonyl (C=O) groups excluding carboxylic acids is 2. The zero-order valence-corrected chi connectivity index (χ0v) is 8.52. The van der Waals surface area contributed by atoms with E-state index in [1.54, 1.807) is 19.9 Å². The Labute approximate surface area is 87.1 Å². The van der Waals surface area contributed by atoms with E-state index in [1.165, 1.54) is 12.4 Å². The van der Waals surface area contributed by atoms with Crippen molar-refractivity contribution in [3.8, 4) is 0 Å². The van der Waals surface area contributed by atoms with E-state index in [0.717, 1.165) is 0 Å². The van der Waals surface area contributed by atoms with E-state index in [-0.39, 0.29) is 12.0 Å². The van der Waals surface area contributed by atoms with Crippen molar-refractivity contribution >= 4 is 17.8 Å². The quantitative estimate of drug-likeness (QED) is 0.667. The molecule has 15 heavy (non-hydrogen) atoms. The van der Waals surface area contributed by atoms with E-state index < -0.39 is 11.8 Å². The minimum absolute atomic E-state index is 0.0834. The maximum absolute atomic E-state index is 11.2. The highest BCUT2D eigenvalue weighted by atomic mass is 16.2. The standard InChI is InChI=1S/C9H12N4O2/c1-6(2)12-7(14)8(15)13-9-10-4-3-5-11-9/h3-6H,1-2H3,(H,12,14)(H,10,11,13,15). The summed E-state index contributed by atoms with van der Waals surface area (Å²) in [6.07, 6.45) is 2.95. The summed E-state index contributed by atoms with van der Waals surface area (Å²) in [5.74, 6) is -1.35. The first kappa shape index (κ1) is 11.1. The molecule has 0 aliphatic heterocycles. The third kappa shape index (κ3) is 3.72. The first-order chi connectivity index (χ1) is 7.09. The van der Waals surface area contributed by atoms with Gasteiger partial charge in [0.25, 0.3) is 0 Å². The largest absolute Gasteiger partial charge is 0.346 e. The highest BCUT2D eigenvalue weighted by Gasteiger charge is 2.14. The van der Waals surface area contributed by atoms with Gasteiger partial charge in [-0.1, -0.05) is 0 Å². The maximum atomic E-state index is 11.2. The van der Waals surface area contributed by atoms with Gasteiger partial charge in [-0.05, 0) is 19.9 Å². The molecule has 1 rings (SSSR count). The number of aromatic nitrogens is 2. The average molecular weight is 208 g/mol. The van der Waals surface area contributed by atoms with E-state index in [4.69, 9.17) is 0 Å². The van der Waals surface area contributed by atoms with E-state index in [2.05, 4.69) is 20.6 Å². The molecule has 0 aliphatic rings. The van der Waals surface area contributed by atoms with Gasteiger partial charge >= 0.3 is 11.8 Å². The van der Waals surface area contributed by atoms with Crippen LogP contribution in [-0.4, -0.2) is 27.8 Å². The molecule has 1 aromatic rings. The summed E-state index contributed by atoms with van der Waals surface area (Å²) in [7, 11) is 0. The molecule has 0 fully saturated rings.